The zero-order valence-electron chi connectivity index (χ0n) is 11.4. The number of para-hydroxylation sites is 1. The molecule has 1 aromatic rings. The van der Waals surface area contributed by atoms with E-state index in [1.807, 2.05) is 0 Å². The Labute approximate surface area is 110 Å². The fraction of sp³-hybridized carbons (Fsp3) is 0.600. The van der Waals surface area contributed by atoms with Crippen molar-refractivity contribution in [2.75, 3.05) is 25.2 Å². The molecule has 0 radical (unpaired) electrons. The average Bonchev–Trinajstić information content (AvgIpc) is 3.23. The van der Waals surface area contributed by atoms with Crippen LogP contribution in [-0.4, -0.2) is 26.3 Å². The summed E-state index contributed by atoms with van der Waals surface area (Å²) in [5.41, 5.74) is 8.79. The molecule has 18 heavy (non-hydrogen) atoms. The second-order valence-corrected chi connectivity index (χ2v) is 4.99. The van der Waals surface area contributed by atoms with Crippen LogP contribution in [0.5, 0.6) is 0 Å². The van der Waals surface area contributed by atoms with Gasteiger partial charge in [0.15, 0.2) is 0 Å². The maximum atomic E-state index is 6.22. The lowest BCUT2D eigenvalue weighted by Crippen LogP contribution is -2.31. The number of benzene rings is 1. The van der Waals surface area contributed by atoms with Gasteiger partial charge in [-0.25, -0.2) is 0 Å². The van der Waals surface area contributed by atoms with Gasteiger partial charge in [-0.05, 0) is 30.9 Å². The van der Waals surface area contributed by atoms with Crippen molar-refractivity contribution in [1.82, 2.24) is 0 Å². The Morgan fingerprint density at radius 3 is 2.72 bits per heavy atom. The number of hydrogen-bond donors (Lipinski definition) is 1. The van der Waals surface area contributed by atoms with Crippen LogP contribution in [0.2, 0.25) is 0 Å². The first kappa shape index (κ1) is 13.4. The van der Waals surface area contributed by atoms with E-state index in [-0.39, 0.29) is 6.04 Å². The summed E-state index contributed by atoms with van der Waals surface area (Å²) in [6.45, 7) is 3.86. The minimum Gasteiger partial charge on any atom is -0.383 e. The summed E-state index contributed by atoms with van der Waals surface area (Å²) >= 11 is 0. The van der Waals surface area contributed by atoms with E-state index in [0.717, 1.165) is 19.6 Å². The van der Waals surface area contributed by atoms with Crippen molar-refractivity contribution in [1.29, 1.82) is 0 Å². The van der Waals surface area contributed by atoms with E-state index in [0.29, 0.717) is 6.04 Å². The molecule has 0 spiro atoms. The summed E-state index contributed by atoms with van der Waals surface area (Å²) in [6.07, 6.45) is 3.55. The van der Waals surface area contributed by atoms with Crippen LogP contribution in [-0.2, 0) is 4.74 Å². The van der Waals surface area contributed by atoms with Gasteiger partial charge in [-0.2, -0.15) is 0 Å². The quantitative estimate of drug-likeness (QED) is 0.806. The highest BCUT2D eigenvalue weighted by atomic mass is 16.5. The average molecular weight is 248 g/mol. The molecular weight excluding hydrogens is 224 g/mol. The molecule has 0 aromatic heterocycles. The molecule has 0 amide bonds. The Bertz CT molecular complexity index is 377. The fourth-order valence-electron chi connectivity index (χ4n) is 2.36. The predicted molar refractivity (Wildman–Crippen MR) is 75.9 cm³/mol. The van der Waals surface area contributed by atoms with Gasteiger partial charge in [0, 0.05) is 31.4 Å². The Morgan fingerprint density at radius 2 is 2.11 bits per heavy atom. The molecule has 1 saturated carbocycles. The molecule has 1 fully saturated rings. The fourth-order valence-corrected chi connectivity index (χ4v) is 2.36. The van der Waals surface area contributed by atoms with Crippen molar-refractivity contribution in [2.24, 2.45) is 5.73 Å². The summed E-state index contributed by atoms with van der Waals surface area (Å²) in [7, 11) is 1.76. The molecule has 1 atom stereocenters. The van der Waals surface area contributed by atoms with Gasteiger partial charge in [-0.3, -0.25) is 0 Å². The number of hydrogen-bond acceptors (Lipinski definition) is 3. The summed E-state index contributed by atoms with van der Waals surface area (Å²) in [5, 5.41) is 0. The largest absolute Gasteiger partial charge is 0.383 e. The zero-order chi connectivity index (χ0) is 13.0. The van der Waals surface area contributed by atoms with Gasteiger partial charge in [0.25, 0.3) is 0 Å². The molecule has 0 bridgehead atoms. The highest BCUT2D eigenvalue weighted by molar-refractivity contribution is 5.56. The van der Waals surface area contributed by atoms with Crippen LogP contribution in [0.4, 0.5) is 5.69 Å². The summed E-state index contributed by atoms with van der Waals surface area (Å²) in [5.74, 6) is 0. The number of methoxy groups -OCH3 is 1. The molecule has 3 nitrogen and oxygen atoms in total. The Hall–Kier alpha value is -1.06. The SMILES string of the molecule is CC[C@H](N)c1ccccc1N(CCOC)C1CC1. The first-order chi connectivity index (χ1) is 8.77. The van der Waals surface area contributed by atoms with Crippen molar-refractivity contribution in [3.63, 3.8) is 0 Å². The lowest BCUT2D eigenvalue weighted by molar-refractivity contribution is 0.205. The van der Waals surface area contributed by atoms with Gasteiger partial charge >= 0.3 is 0 Å². The maximum absolute atomic E-state index is 6.22. The minimum absolute atomic E-state index is 0.130. The van der Waals surface area contributed by atoms with Crippen LogP contribution in [0.3, 0.4) is 0 Å². The van der Waals surface area contributed by atoms with Crippen molar-refractivity contribution >= 4 is 5.69 Å². The van der Waals surface area contributed by atoms with E-state index < -0.39 is 0 Å². The number of ether oxygens (including phenoxy) is 1. The van der Waals surface area contributed by atoms with E-state index in [1.54, 1.807) is 7.11 Å². The number of anilines is 1. The normalized spacial score (nSPS) is 16.6. The molecule has 0 saturated heterocycles. The lowest BCUT2D eigenvalue weighted by atomic mass is 10.0. The topological polar surface area (TPSA) is 38.5 Å². The van der Waals surface area contributed by atoms with Crippen LogP contribution in [0.1, 0.15) is 37.8 Å². The molecule has 1 aliphatic carbocycles. The van der Waals surface area contributed by atoms with E-state index in [2.05, 4.69) is 36.1 Å². The number of nitrogens with two attached hydrogens (primary N) is 1. The van der Waals surface area contributed by atoms with Crippen molar-refractivity contribution < 1.29 is 4.74 Å². The highest BCUT2D eigenvalue weighted by Crippen LogP contribution is 2.35. The van der Waals surface area contributed by atoms with Gasteiger partial charge in [0.2, 0.25) is 0 Å². The molecule has 1 aromatic carbocycles. The first-order valence-corrected chi connectivity index (χ1v) is 6.88. The first-order valence-electron chi connectivity index (χ1n) is 6.88. The summed E-state index contributed by atoms with van der Waals surface area (Å²) < 4.78 is 5.23. The molecule has 100 valence electrons. The monoisotopic (exact) mass is 248 g/mol. The van der Waals surface area contributed by atoms with E-state index in [1.165, 1.54) is 24.1 Å². The van der Waals surface area contributed by atoms with Crippen LogP contribution in [0.15, 0.2) is 24.3 Å². The standard InChI is InChI=1S/C15H24N2O/c1-3-14(16)13-6-4-5-7-15(13)17(10-11-18-2)12-8-9-12/h4-7,12,14H,3,8-11,16H2,1-2H3/t14-/m0/s1. The van der Waals surface area contributed by atoms with Crippen molar-refractivity contribution in [3.05, 3.63) is 29.8 Å². The van der Waals surface area contributed by atoms with Crippen LogP contribution >= 0.6 is 0 Å². The molecule has 0 unspecified atom stereocenters. The van der Waals surface area contributed by atoms with E-state index >= 15 is 0 Å². The third-order valence-corrected chi connectivity index (χ3v) is 3.61. The van der Waals surface area contributed by atoms with Gasteiger partial charge in [0.1, 0.15) is 0 Å². The molecule has 1 aliphatic rings. The van der Waals surface area contributed by atoms with Crippen LogP contribution < -0.4 is 10.6 Å². The molecule has 2 rings (SSSR count). The predicted octanol–water partition coefficient (Wildman–Crippen LogP) is 2.71. The molecule has 0 aliphatic heterocycles. The van der Waals surface area contributed by atoms with Crippen LogP contribution in [0.25, 0.3) is 0 Å². The van der Waals surface area contributed by atoms with Gasteiger partial charge in [-0.1, -0.05) is 25.1 Å². The lowest BCUT2D eigenvalue weighted by Gasteiger charge is -2.28. The third-order valence-electron chi connectivity index (χ3n) is 3.61. The summed E-state index contributed by atoms with van der Waals surface area (Å²) in [6, 6.07) is 9.35. The van der Waals surface area contributed by atoms with E-state index in [4.69, 9.17) is 10.5 Å². The van der Waals surface area contributed by atoms with Gasteiger partial charge in [-0.15, -0.1) is 0 Å². The third kappa shape index (κ3) is 3.03. The molecule has 0 heterocycles. The second kappa shape index (κ2) is 6.21. The van der Waals surface area contributed by atoms with Crippen molar-refractivity contribution in [3.8, 4) is 0 Å². The summed E-state index contributed by atoms with van der Waals surface area (Å²) in [4.78, 5) is 2.47. The van der Waals surface area contributed by atoms with Gasteiger partial charge in [0.05, 0.1) is 6.61 Å². The highest BCUT2D eigenvalue weighted by Gasteiger charge is 2.30. The second-order valence-electron chi connectivity index (χ2n) is 4.99. The Balaban J connectivity index is 2.22. The molecule has 2 N–H and O–H groups in total. The molecular formula is C15H24N2O. The number of nitrogens with zero attached hydrogens (tertiary/aromatic N) is 1. The zero-order valence-corrected chi connectivity index (χ0v) is 11.4. The van der Waals surface area contributed by atoms with Crippen LogP contribution in [0, 0.1) is 0 Å². The van der Waals surface area contributed by atoms with Crippen molar-refractivity contribution in [2.45, 2.75) is 38.3 Å². The Morgan fingerprint density at radius 1 is 1.39 bits per heavy atom. The van der Waals surface area contributed by atoms with E-state index in [9.17, 15) is 0 Å². The van der Waals surface area contributed by atoms with Gasteiger partial charge < -0.3 is 15.4 Å². The smallest absolute Gasteiger partial charge is 0.0637 e. The Kier molecular flexibility index (Phi) is 4.61. The maximum Gasteiger partial charge on any atom is 0.0637 e. The minimum atomic E-state index is 0.130. The molecule has 3 heteroatoms. The number of rotatable bonds is 7.